The summed E-state index contributed by atoms with van der Waals surface area (Å²) in [6, 6.07) is 5.25. The van der Waals surface area contributed by atoms with Gasteiger partial charge in [-0.05, 0) is 43.9 Å². The van der Waals surface area contributed by atoms with Crippen LogP contribution < -0.4 is 4.90 Å². The first-order valence-corrected chi connectivity index (χ1v) is 7.40. The summed E-state index contributed by atoms with van der Waals surface area (Å²) in [6.07, 6.45) is 2.32. The summed E-state index contributed by atoms with van der Waals surface area (Å²) in [5.74, 6) is -0.644. The van der Waals surface area contributed by atoms with Crippen LogP contribution in [-0.4, -0.2) is 30.8 Å². The number of nitrogens with zero attached hydrogens (tertiary/aromatic N) is 1. The van der Waals surface area contributed by atoms with Gasteiger partial charge in [-0.2, -0.15) is 0 Å². The van der Waals surface area contributed by atoms with Gasteiger partial charge in [-0.3, -0.25) is 0 Å². The second-order valence-corrected chi connectivity index (χ2v) is 5.32. The minimum atomic E-state index is -1.28. The van der Waals surface area contributed by atoms with E-state index in [1.165, 1.54) is 19.3 Å². The third-order valence-corrected chi connectivity index (χ3v) is 3.80. The van der Waals surface area contributed by atoms with Crippen molar-refractivity contribution in [3.63, 3.8) is 0 Å². The minimum Gasteiger partial charge on any atom is -0.464 e. The number of hydrogen-bond acceptors (Lipinski definition) is 4. The number of carbonyl (C=O) groups excluding carboxylic acids is 1. The smallest absolute Gasteiger partial charge is 0.339 e. The molecule has 0 spiro atoms. The van der Waals surface area contributed by atoms with E-state index in [1.54, 1.807) is 19.1 Å². The molecule has 5 heteroatoms. The zero-order valence-corrected chi connectivity index (χ0v) is 12.4. The highest BCUT2D eigenvalue weighted by Gasteiger charge is 2.21. The normalized spacial score (nSPS) is 16.9. The van der Waals surface area contributed by atoms with Crippen molar-refractivity contribution in [2.75, 3.05) is 24.6 Å². The quantitative estimate of drug-likeness (QED) is 0.868. The summed E-state index contributed by atoms with van der Waals surface area (Å²) in [5.41, 5.74) is 1.43. The molecule has 1 unspecified atom stereocenters. The molecule has 0 aromatic heterocycles. The van der Waals surface area contributed by atoms with Gasteiger partial charge in [0.25, 0.3) is 0 Å². The summed E-state index contributed by atoms with van der Waals surface area (Å²) in [5, 5.41) is 10.5. The zero-order valence-electron chi connectivity index (χ0n) is 11.6. The van der Waals surface area contributed by atoms with Gasteiger partial charge >= 0.3 is 5.97 Å². The number of carbonyl (C=O) groups is 1. The van der Waals surface area contributed by atoms with E-state index in [1.807, 2.05) is 6.07 Å². The molecule has 1 saturated heterocycles. The van der Waals surface area contributed by atoms with Gasteiger partial charge in [0, 0.05) is 13.1 Å². The number of esters is 1. The number of halogens is 1. The maximum atomic E-state index is 11.5. The van der Waals surface area contributed by atoms with Crippen LogP contribution in [0.1, 0.15) is 37.9 Å². The van der Waals surface area contributed by atoms with Crippen LogP contribution in [0, 0.1) is 0 Å². The number of anilines is 1. The van der Waals surface area contributed by atoms with E-state index < -0.39 is 12.1 Å². The number of rotatable bonds is 4. The lowest BCUT2D eigenvalue weighted by atomic mass is 10.1. The first kappa shape index (κ1) is 15.1. The molecule has 2 rings (SSSR count). The number of aliphatic hydroxyl groups is 1. The fraction of sp³-hybridized carbons (Fsp3) is 0.533. The zero-order chi connectivity index (χ0) is 14.5. The van der Waals surface area contributed by atoms with E-state index in [0.717, 1.165) is 18.8 Å². The van der Waals surface area contributed by atoms with E-state index in [-0.39, 0.29) is 6.61 Å². The number of aliphatic hydroxyl groups excluding tert-OH is 1. The highest BCUT2D eigenvalue weighted by molar-refractivity contribution is 6.33. The van der Waals surface area contributed by atoms with Crippen LogP contribution in [0.5, 0.6) is 0 Å². The molecule has 1 aliphatic rings. The summed E-state index contributed by atoms with van der Waals surface area (Å²) < 4.78 is 4.80. The Morgan fingerprint density at radius 3 is 2.70 bits per heavy atom. The van der Waals surface area contributed by atoms with E-state index in [0.29, 0.717) is 10.6 Å². The number of piperidine rings is 1. The Morgan fingerprint density at radius 2 is 2.10 bits per heavy atom. The molecule has 1 aromatic rings. The second-order valence-electron chi connectivity index (χ2n) is 4.91. The lowest BCUT2D eigenvalue weighted by Gasteiger charge is -2.29. The maximum Gasteiger partial charge on any atom is 0.339 e. The molecule has 0 radical (unpaired) electrons. The third kappa shape index (κ3) is 3.44. The molecule has 0 bridgehead atoms. The molecule has 4 nitrogen and oxygen atoms in total. The lowest BCUT2D eigenvalue weighted by Crippen LogP contribution is -2.29. The molecular weight excluding hydrogens is 278 g/mol. The Kier molecular flexibility index (Phi) is 5.26. The van der Waals surface area contributed by atoms with E-state index in [9.17, 15) is 9.90 Å². The van der Waals surface area contributed by atoms with Crippen molar-refractivity contribution in [2.24, 2.45) is 0 Å². The predicted molar refractivity (Wildman–Crippen MR) is 79.1 cm³/mol. The molecule has 1 fully saturated rings. The van der Waals surface area contributed by atoms with Crippen LogP contribution in [0.3, 0.4) is 0 Å². The fourth-order valence-corrected chi connectivity index (χ4v) is 2.75. The number of ether oxygens (including phenoxy) is 1. The Balaban J connectivity index is 2.14. The van der Waals surface area contributed by atoms with Crippen molar-refractivity contribution in [3.05, 3.63) is 28.8 Å². The largest absolute Gasteiger partial charge is 0.464 e. The molecule has 1 heterocycles. The average molecular weight is 298 g/mol. The van der Waals surface area contributed by atoms with Crippen molar-refractivity contribution in [1.29, 1.82) is 0 Å². The molecule has 1 N–H and O–H groups in total. The van der Waals surface area contributed by atoms with Gasteiger partial charge in [0.2, 0.25) is 0 Å². The number of benzene rings is 1. The third-order valence-electron chi connectivity index (χ3n) is 3.49. The molecule has 20 heavy (non-hydrogen) atoms. The highest BCUT2D eigenvalue weighted by Crippen LogP contribution is 2.31. The van der Waals surface area contributed by atoms with Crippen molar-refractivity contribution < 1.29 is 14.6 Å². The van der Waals surface area contributed by atoms with Crippen LogP contribution in [0.4, 0.5) is 5.69 Å². The summed E-state index contributed by atoms with van der Waals surface area (Å²) in [4.78, 5) is 13.8. The lowest BCUT2D eigenvalue weighted by molar-refractivity contribution is -0.153. The summed E-state index contributed by atoms with van der Waals surface area (Å²) in [7, 11) is 0. The van der Waals surface area contributed by atoms with E-state index in [4.69, 9.17) is 16.3 Å². The van der Waals surface area contributed by atoms with Gasteiger partial charge in [-0.15, -0.1) is 0 Å². The molecule has 0 amide bonds. The molecular formula is C15H20ClNO3. The molecule has 1 atom stereocenters. The standard InChI is InChI=1S/C15H20ClNO3/c1-2-20-15(19)14(18)11-6-7-13(12(16)10-11)17-8-4-3-5-9-17/h6-7,10,14,18H,2-5,8-9H2,1H3. The predicted octanol–water partition coefficient (Wildman–Crippen LogP) is 2.93. The van der Waals surface area contributed by atoms with Gasteiger partial charge in [0.15, 0.2) is 6.10 Å². The second kappa shape index (κ2) is 6.95. The fourth-order valence-electron chi connectivity index (χ4n) is 2.44. The molecule has 110 valence electrons. The van der Waals surface area contributed by atoms with E-state index in [2.05, 4.69) is 4.90 Å². The topological polar surface area (TPSA) is 49.8 Å². The van der Waals surface area contributed by atoms with Gasteiger partial charge in [-0.25, -0.2) is 4.79 Å². The highest BCUT2D eigenvalue weighted by atomic mass is 35.5. The minimum absolute atomic E-state index is 0.246. The van der Waals surface area contributed by atoms with Gasteiger partial charge in [-0.1, -0.05) is 17.7 Å². The van der Waals surface area contributed by atoms with Crippen LogP contribution >= 0.6 is 11.6 Å². The average Bonchev–Trinajstić information content (AvgIpc) is 2.47. The van der Waals surface area contributed by atoms with Gasteiger partial charge in [0.1, 0.15) is 0 Å². The van der Waals surface area contributed by atoms with Gasteiger partial charge < -0.3 is 14.7 Å². The Hall–Kier alpha value is -1.26. The van der Waals surface area contributed by atoms with Crippen molar-refractivity contribution in [1.82, 2.24) is 0 Å². The van der Waals surface area contributed by atoms with Crippen molar-refractivity contribution in [3.8, 4) is 0 Å². The SMILES string of the molecule is CCOC(=O)C(O)c1ccc(N2CCCCC2)c(Cl)c1. The molecule has 0 saturated carbocycles. The van der Waals surface area contributed by atoms with Crippen LogP contribution in [0.15, 0.2) is 18.2 Å². The van der Waals surface area contributed by atoms with Crippen LogP contribution in [-0.2, 0) is 9.53 Å². The summed E-state index contributed by atoms with van der Waals surface area (Å²) in [6.45, 7) is 3.95. The van der Waals surface area contributed by atoms with Crippen molar-refractivity contribution >= 4 is 23.3 Å². The van der Waals surface area contributed by atoms with Gasteiger partial charge in [0.05, 0.1) is 17.3 Å². The molecule has 0 aliphatic carbocycles. The summed E-state index contributed by atoms with van der Waals surface area (Å²) >= 11 is 6.28. The van der Waals surface area contributed by atoms with Crippen molar-refractivity contribution in [2.45, 2.75) is 32.3 Å². The first-order chi connectivity index (χ1) is 9.63. The number of hydrogen-bond donors (Lipinski definition) is 1. The monoisotopic (exact) mass is 297 g/mol. The Labute approximate surface area is 124 Å². The Bertz CT molecular complexity index is 472. The first-order valence-electron chi connectivity index (χ1n) is 7.02. The van der Waals surface area contributed by atoms with Crippen LogP contribution in [0.2, 0.25) is 5.02 Å². The maximum absolute atomic E-state index is 11.5. The molecule has 1 aliphatic heterocycles. The van der Waals surface area contributed by atoms with E-state index >= 15 is 0 Å². The Morgan fingerprint density at radius 1 is 1.40 bits per heavy atom. The van der Waals surface area contributed by atoms with Crippen LogP contribution in [0.25, 0.3) is 0 Å². The molecule has 1 aromatic carbocycles.